The van der Waals surface area contributed by atoms with Crippen molar-refractivity contribution in [3.8, 4) is 0 Å². The van der Waals surface area contributed by atoms with Crippen LogP contribution in [0.5, 0.6) is 0 Å². The Morgan fingerprint density at radius 3 is 2.78 bits per heavy atom. The molecule has 1 saturated heterocycles. The van der Waals surface area contributed by atoms with Gasteiger partial charge < -0.3 is 10.1 Å². The molecule has 1 atom stereocenters. The van der Waals surface area contributed by atoms with Gasteiger partial charge in [-0.3, -0.25) is 9.69 Å². The van der Waals surface area contributed by atoms with Crippen LogP contribution < -0.4 is 5.32 Å². The minimum atomic E-state index is 0. The van der Waals surface area contributed by atoms with Gasteiger partial charge in [0.2, 0.25) is 5.91 Å². The smallest absolute Gasteiger partial charge is 0.234 e. The molecular formula is C14H30N2O2. The molecule has 108 valence electrons. The number of hydrogen-bond acceptors (Lipinski definition) is 3. The molecule has 0 aromatic rings. The van der Waals surface area contributed by atoms with E-state index in [1.807, 2.05) is 13.8 Å². The molecule has 0 aromatic heterocycles. The monoisotopic (exact) mass is 258 g/mol. The lowest BCUT2D eigenvalue weighted by atomic mass is 10.1. The molecular weight excluding hydrogens is 228 g/mol. The van der Waals surface area contributed by atoms with Gasteiger partial charge in [-0.1, -0.05) is 0 Å². The molecule has 0 spiro atoms. The number of ether oxygens (including phenoxy) is 1. The molecule has 4 nitrogen and oxygen atoms in total. The molecule has 1 unspecified atom stereocenters. The lowest BCUT2D eigenvalue weighted by Gasteiger charge is -2.17. The van der Waals surface area contributed by atoms with E-state index < -0.39 is 0 Å². The fourth-order valence-electron chi connectivity index (χ4n) is 2.33. The normalized spacial score (nSPS) is 20.9. The molecule has 1 N–H and O–H groups in total. The van der Waals surface area contributed by atoms with Gasteiger partial charge in [0.05, 0.1) is 12.6 Å². The van der Waals surface area contributed by atoms with Crippen LogP contribution >= 0.6 is 0 Å². The quantitative estimate of drug-likeness (QED) is 0.758. The second kappa shape index (κ2) is 7.74. The molecule has 0 aliphatic carbocycles. The van der Waals surface area contributed by atoms with E-state index in [2.05, 4.69) is 24.1 Å². The molecule has 18 heavy (non-hydrogen) atoms. The Labute approximate surface area is 113 Å². The van der Waals surface area contributed by atoms with Gasteiger partial charge in [0, 0.05) is 20.6 Å². The van der Waals surface area contributed by atoms with Crippen LogP contribution in [-0.4, -0.2) is 49.2 Å². The summed E-state index contributed by atoms with van der Waals surface area (Å²) in [5, 5.41) is 2.94. The summed E-state index contributed by atoms with van der Waals surface area (Å²) in [5.41, 5.74) is 0. The Hall–Kier alpha value is -0.610. The van der Waals surface area contributed by atoms with Crippen molar-refractivity contribution in [3.63, 3.8) is 0 Å². The molecule has 1 amide bonds. The molecule has 1 fully saturated rings. The van der Waals surface area contributed by atoms with Crippen molar-refractivity contribution >= 4 is 5.91 Å². The zero-order chi connectivity index (χ0) is 13.5. The number of amides is 1. The van der Waals surface area contributed by atoms with Gasteiger partial charge in [0.25, 0.3) is 0 Å². The lowest BCUT2D eigenvalue weighted by molar-refractivity contribution is -0.122. The summed E-state index contributed by atoms with van der Waals surface area (Å²) in [6.45, 7) is 11.6. The third kappa shape index (κ3) is 6.36. The van der Waals surface area contributed by atoms with Gasteiger partial charge >= 0.3 is 0 Å². The summed E-state index contributed by atoms with van der Waals surface area (Å²) in [5.74, 6) is 0.833. The first kappa shape index (κ1) is 15.4. The zero-order valence-electron chi connectivity index (χ0n) is 12.2. The topological polar surface area (TPSA) is 41.6 Å². The molecule has 1 rings (SSSR count). The minimum absolute atomic E-state index is 0. The number of carbonyl (C=O) groups excluding carboxylic acids is 1. The van der Waals surface area contributed by atoms with Crippen LogP contribution in [0.3, 0.4) is 0 Å². The number of rotatable bonds is 7. The molecule has 0 saturated carbocycles. The first-order valence-electron chi connectivity index (χ1n) is 7.10. The first-order valence-corrected chi connectivity index (χ1v) is 7.10. The number of carbonyl (C=O) groups is 1. The van der Waals surface area contributed by atoms with Gasteiger partial charge in [0.15, 0.2) is 0 Å². The SMILES string of the molecule is CC(C)NC(=O)CN1CCC(CCOC(C)C)C1.[HH]. The van der Waals surface area contributed by atoms with Gasteiger partial charge in [0.1, 0.15) is 0 Å². The van der Waals surface area contributed by atoms with Crippen molar-refractivity contribution in [3.05, 3.63) is 0 Å². The molecule has 1 aliphatic heterocycles. The Balaban J connectivity index is 0.00000324. The molecule has 0 bridgehead atoms. The van der Waals surface area contributed by atoms with Crippen LogP contribution in [0.15, 0.2) is 0 Å². The van der Waals surface area contributed by atoms with Crippen molar-refractivity contribution < 1.29 is 11.0 Å². The summed E-state index contributed by atoms with van der Waals surface area (Å²) in [6, 6.07) is 0.232. The maximum absolute atomic E-state index is 11.6. The van der Waals surface area contributed by atoms with Gasteiger partial charge in [-0.2, -0.15) is 0 Å². The summed E-state index contributed by atoms with van der Waals surface area (Å²) < 4.78 is 5.57. The van der Waals surface area contributed by atoms with E-state index in [1.54, 1.807) is 0 Å². The Morgan fingerprint density at radius 1 is 1.44 bits per heavy atom. The number of hydrogen-bond donors (Lipinski definition) is 1. The summed E-state index contributed by atoms with van der Waals surface area (Å²) in [7, 11) is 0. The first-order chi connectivity index (χ1) is 8.47. The van der Waals surface area contributed by atoms with Gasteiger partial charge in [-0.25, -0.2) is 0 Å². The van der Waals surface area contributed by atoms with Gasteiger partial charge in [-0.15, -0.1) is 0 Å². The molecule has 0 aromatic carbocycles. The standard InChI is InChI=1S/C14H28N2O2.H2/c1-11(2)15-14(17)10-16-7-5-13(9-16)6-8-18-12(3)4;/h11-13H,5-10H2,1-4H3,(H,15,17);1H. The van der Waals surface area contributed by atoms with Gasteiger partial charge in [-0.05, 0) is 53.0 Å². The maximum atomic E-state index is 11.6. The summed E-state index contributed by atoms with van der Waals surface area (Å²) in [4.78, 5) is 13.9. The average Bonchev–Trinajstić information content (AvgIpc) is 2.63. The van der Waals surface area contributed by atoms with Crippen LogP contribution in [0.25, 0.3) is 0 Å². The Morgan fingerprint density at radius 2 is 2.17 bits per heavy atom. The van der Waals surface area contributed by atoms with Crippen LogP contribution in [-0.2, 0) is 9.53 Å². The average molecular weight is 258 g/mol. The molecule has 0 radical (unpaired) electrons. The maximum Gasteiger partial charge on any atom is 0.234 e. The van der Waals surface area contributed by atoms with Crippen molar-refractivity contribution in [2.24, 2.45) is 5.92 Å². The van der Waals surface area contributed by atoms with Crippen molar-refractivity contribution in [1.82, 2.24) is 10.2 Å². The zero-order valence-corrected chi connectivity index (χ0v) is 12.2. The van der Waals surface area contributed by atoms with Crippen molar-refractivity contribution in [2.75, 3.05) is 26.2 Å². The van der Waals surface area contributed by atoms with E-state index in [-0.39, 0.29) is 13.4 Å². The van der Waals surface area contributed by atoms with E-state index >= 15 is 0 Å². The van der Waals surface area contributed by atoms with E-state index in [0.29, 0.717) is 18.6 Å². The third-order valence-corrected chi connectivity index (χ3v) is 3.16. The molecule has 1 aliphatic rings. The van der Waals surface area contributed by atoms with Crippen LogP contribution in [0.4, 0.5) is 0 Å². The number of likely N-dealkylation sites (tertiary alicyclic amines) is 1. The lowest BCUT2D eigenvalue weighted by Crippen LogP contribution is -2.39. The third-order valence-electron chi connectivity index (χ3n) is 3.16. The fourth-order valence-corrected chi connectivity index (χ4v) is 2.33. The number of nitrogens with one attached hydrogen (secondary N) is 1. The second-order valence-electron chi connectivity index (χ2n) is 5.82. The van der Waals surface area contributed by atoms with Crippen LogP contribution in [0.1, 0.15) is 42.0 Å². The molecule has 1 heterocycles. The van der Waals surface area contributed by atoms with E-state index in [1.165, 1.54) is 6.42 Å². The summed E-state index contributed by atoms with van der Waals surface area (Å²) >= 11 is 0. The Kier molecular flexibility index (Phi) is 6.65. The second-order valence-corrected chi connectivity index (χ2v) is 5.82. The highest BCUT2D eigenvalue weighted by Gasteiger charge is 2.23. The molecule has 4 heteroatoms. The van der Waals surface area contributed by atoms with Crippen molar-refractivity contribution in [1.29, 1.82) is 0 Å². The van der Waals surface area contributed by atoms with Crippen LogP contribution in [0.2, 0.25) is 0 Å². The van der Waals surface area contributed by atoms with Crippen LogP contribution in [0, 0.1) is 5.92 Å². The highest BCUT2D eigenvalue weighted by atomic mass is 16.5. The highest BCUT2D eigenvalue weighted by Crippen LogP contribution is 2.19. The largest absolute Gasteiger partial charge is 0.379 e. The number of nitrogens with zero attached hydrogens (tertiary/aromatic N) is 1. The predicted molar refractivity (Wildman–Crippen MR) is 75.6 cm³/mol. The highest BCUT2D eigenvalue weighted by molar-refractivity contribution is 5.78. The van der Waals surface area contributed by atoms with E-state index in [0.717, 1.165) is 26.1 Å². The predicted octanol–water partition coefficient (Wildman–Crippen LogP) is 1.89. The fraction of sp³-hybridized carbons (Fsp3) is 0.929. The van der Waals surface area contributed by atoms with E-state index in [4.69, 9.17) is 4.74 Å². The summed E-state index contributed by atoms with van der Waals surface area (Å²) in [6.07, 6.45) is 2.62. The Bertz CT molecular complexity index is 260. The minimum Gasteiger partial charge on any atom is -0.379 e. The van der Waals surface area contributed by atoms with Crippen molar-refractivity contribution in [2.45, 2.75) is 52.7 Å². The van der Waals surface area contributed by atoms with E-state index in [9.17, 15) is 4.79 Å².